The third-order valence-corrected chi connectivity index (χ3v) is 6.76. The normalized spacial score (nSPS) is 21.3. The number of amides is 2. The van der Waals surface area contributed by atoms with E-state index >= 15 is 0 Å². The van der Waals surface area contributed by atoms with E-state index in [1.807, 2.05) is 6.92 Å². The monoisotopic (exact) mass is 351 g/mol. The number of rotatable bonds is 5. The Balaban J connectivity index is 1.93. The average Bonchev–Trinajstić information content (AvgIpc) is 3.37. The topological polar surface area (TPSA) is 110 Å². The highest BCUT2D eigenvalue weighted by molar-refractivity contribution is 7.90. The van der Waals surface area contributed by atoms with Gasteiger partial charge in [0.15, 0.2) is 0 Å². The second-order valence-electron chi connectivity index (χ2n) is 6.54. The number of hydrogen-bond acceptors (Lipinski definition) is 5. The standard InChI is InChI=1S/C16H21N3O4S/c1-3-19-15(21)12-7-4-10(8-13(12)24(19,22)23)14(20)18-16(2,9-17)11-5-6-11/h4,7-8,11H,3,5-6,9,17H2,1-2H3,(H,18,20). The Morgan fingerprint density at radius 3 is 2.62 bits per heavy atom. The second kappa shape index (κ2) is 5.56. The van der Waals surface area contributed by atoms with Crippen LogP contribution in [0.5, 0.6) is 0 Å². The zero-order valence-electron chi connectivity index (χ0n) is 13.7. The molecule has 0 radical (unpaired) electrons. The summed E-state index contributed by atoms with van der Waals surface area (Å²) in [4.78, 5) is 24.6. The van der Waals surface area contributed by atoms with E-state index in [9.17, 15) is 18.0 Å². The molecule has 1 fully saturated rings. The summed E-state index contributed by atoms with van der Waals surface area (Å²) in [5.74, 6) is -0.582. The summed E-state index contributed by atoms with van der Waals surface area (Å²) in [6.45, 7) is 3.87. The van der Waals surface area contributed by atoms with Crippen LogP contribution in [0.15, 0.2) is 23.1 Å². The zero-order chi connectivity index (χ0) is 17.7. The van der Waals surface area contributed by atoms with E-state index in [-0.39, 0.29) is 28.5 Å². The van der Waals surface area contributed by atoms with Crippen molar-refractivity contribution in [2.75, 3.05) is 13.1 Å². The molecule has 0 saturated heterocycles. The molecule has 1 aliphatic heterocycles. The van der Waals surface area contributed by atoms with E-state index in [1.165, 1.54) is 18.2 Å². The lowest BCUT2D eigenvalue weighted by Crippen LogP contribution is -2.53. The molecule has 1 aliphatic carbocycles. The Morgan fingerprint density at radius 2 is 2.08 bits per heavy atom. The molecule has 3 rings (SSSR count). The van der Waals surface area contributed by atoms with Crippen molar-refractivity contribution in [3.8, 4) is 0 Å². The van der Waals surface area contributed by atoms with Crippen molar-refractivity contribution >= 4 is 21.8 Å². The van der Waals surface area contributed by atoms with E-state index in [4.69, 9.17) is 5.73 Å². The molecule has 130 valence electrons. The van der Waals surface area contributed by atoms with Crippen molar-refractivity contribution in [1.82, 2.24) is 9.62 Å². The molecular formula is C16H21N3O4S. The predicted octanol–water partition coefficient (Wildman–Crippen LogP) is 0.708. The first-order chi connectivity index (χ1) is 11.2. The van der Waals surface area contributed by atoms with Gasteiger partial charge in [-0.05, 0) is 50.8 Å². The van der Waals surface area contributed by atoms with Crippen molar-refractivity contribution in [3.63, 3.8) is 0 Å². The van der Waals surface area contributed by atoms with Gasteiger partial charge in [0.05, 0.1) is 11.1 Å². The summed E-state index contributed by atoms with van der Waals surface area (Å²) in [7, 11) is -3.88. The zero-order valence-corrected chi connectivity index (χ0v) is 14.5. The summed E-state index contributed by atoms with van der Waals surface area (Å²) in [5.41, 5.74) is 5.62. The van der Waals surface area contributed by atoms with Crippen molar-refractivity contribution in [1.29, 1.82) is 0 Å². The molecule has 8 heteroatoms. The summed E-state index contributed by atoms with van der Waals surface area (Å²) in [5, 5.41) is 2.92. The fourth-order valence-electron chi connectivity index (χ4n) is 3.10. The van der Waals surface area contributed by atoms with Gasteiger partial charge in [0.25, 0.3) is 21.8 Å². The molecular weight excluding hydrogens is 330 g/mol. The van der Waals surface area contributed by atoms with Gasteiger partial charge in [-0.15, -0.1) is 0 Å². The molecule has 1 saturated carbocycles. The quantitative estimate of drug-likeness (QED) is 0.812. The maximum absolute atomic E-state index is 12.5. The van der Waals surface area contributed by atoms with Crippen molar-refractivity contribution < 1.29 is 18.0 Å². The molecule has 7 nitrogen and oxygen atoms in total. The van der Waals surface area contributed by atoms with Gasteiger partial charge in [-0.1, -0.05) is 0 Å². The van der Waals surface area contributed by atoms with Crippen LogP contribution >= 0.6 is 0 Å². The van der Waals surface area contributed by atoms with Crippen LogP contribution in [0, 0.1) is 5.92 Å². The first kappa shape index (κ1) is 16.9. The first-order valence-corrected chi connectivity index (χ1v) is 9.42. The van der Waals surface area contributed by atoms with Crippen LogP contribution in [0.3, 0.4) is 0 Å². The molecule has 0 bridgehead atoms. The number of sulfonamides is 1. The number of nitrogens with zero attached hydrogens (tertiary/aromatic N) is 1. The molecule has 24 heavy (non-hydrogen) atoms. The SMILES string of the molecule is CCN1C(=O)c2ccc(C(=O)NC(C)(CN)C3CC3)cc2S1(=O)=O. The van der Waals surface area contributed by atoms with Gasteiger partial charge in [-0.2, -0.15) is 0 Å². The molecule has 1 unspecified atom stereocenters. The highest BCUT2D eigenvalue weighted by atomic mass is 32.2. The van der Waals surface area contributed by atoms with E-state index in [0.29, 0.717) is 12.5 Å². The van der Waals surface area contributed by atoms with E-state index in [1.54, 1.807) is 6.92 Å². The fraction of sp³-hybridized carbons (Fsp3) is 0.500. The van der Waals surface area contributed by atoms with Crippen molar-refractivity contribution in [2.24, 2.45) is 11.7 Å². The molecule has 2 aliphatic rings. The number of nitrogens with one attached hydrogen (secondary N) is 1. The van der Waals surface area contributed by atoms with Crippen LogP contribution in [-0.2, 0) is 10.0 Å². The van der Waals surface area contributed by atoms with Crippen LogP contribution in [0.25, 0.3) is 0 Å². The lowest BCUT2D eigenvalue weighted by atomic mass is 9.95. The second-order valence-corrected chi connectivity index (χ2v) is 8.37. The molecule has 1 aromatic rings. The van der Waals surface area contributed by atoms with Crippen molar-refractivity contribution in [2.45, 2.75) is 37.1 Å². The molecule has 0 aromatic heterocycles. The van der Waals surface area contributed by atoms with Gasteiger partial charge >= 0.3 is 0 Å². The Morgan fingerprint density at radius 1 is 1.42 bits per heavy atom. The van der Waals surface area contributed by atoms with Gasteiger partial charge in [0.2, 0.25) is 0 Å². The van der Waals surface area contributed by atoms with Crippen LogP contribution in [0.4, 0.5) is 0 Å². The van der Waals surface area contributed by atoms with Crippen LogP contribution in [-0.4, -0.2) is 43.2 Å². The lowest BCUT2D eigenvalue weighted by Gasteiger charge is -2.29. The predicted molar refractivity (Wildman–Crippen MR) is 88.0 cm³/mol. The highest BCUT2D eigenvalue weighted by Crippen LogP contribution is 2.39. The van der Waals surface area contributed by atoms with Crippen LogP contribution in [0.1, 0.15) is 47.4 Å². The number of fused-ring (bicyclic) bond motifs is 1. The van der Waals surface area contributed by atoms with Crippen LogP contribution < -0.4 is 11.1 Å². The van der Waals surface area contributed by atoms with Gasteiger partial charge in [-0.25, -0.2) is 12.7 Å². The van der Waals surface area contributed by atoms with E-state index < -0.39 is 21.5 Å². The Hall–Kier alpha value is -1.93. The summed E-state index contributed by atoms with van der Waals surface area (Å²) >= 11 is 0. The fourth-order valence-corrected chi connectivity index (χ4v) is 4.70. The Kier molecular flexibility index (Phi) is 3.92. The summed E-state index contributed by atoms with van der Waals surface area (Å²) in [6.07, 6.45) is 2.04. The lowest BCUT2D eigenvalue weighted by molar-refractivity contribution is 0.0870. The number of carbonyl (C=O) groups excluding carboxylic acids is 2. The van der Waals surface area contributed by atoms with Crippen molar-refractivity contribution in [3.05, 3.63) is 29.3 Å². The minimum Gasteiger partial charge on any atom is -0.345 e. The third-order valence-electron chi connectivity index (χ3n) is 4.86. The molecule has 1 atom stereocenters. The smallest absolute Gasteiger partial charge is 0.268 e. The van der Waals surface area contributed by atoms with Gasteiger partial charge in [0.1, 0.15) is 4.90 Å². The molecule has 3 N–H and O–H groups in total. The van der Waals surface area contributed by atoms with Gasteiger partial charge in [-0.3, -0.25) is 9.59 Å². The first-order valence-electron chi connectivity index (χ1n) is 7.98. The molecule has 2 amide bonds. The third kappa shape index (κ3) is 2.50. The highest BCUT2D eigenvalue weighted by Gasteiger charge is 2.43. The largest absolute Gasteiger partial charge is 0.345 e. The molecule has 0 spiro atoms. The Bertz CT molecular complexity index is 817. The van der Waals surface area contributed by atoms with Gasteiger partial charge in [0, 0.05) is 18.7 Å². The summed E-state index contributed by atoms with van der Waals surface area (Å²) in [6, 6.07) is 4.15. The number of nitrogens with two attached hydrogens (primary N) is 1. The van der Waals surface area contributed by atoms with E-state index in [2.05, 4.69) is 5.32 Å². The minimum atomic E-state index is -3.88. The van der Waals surface area contributed by atoms with Crippen LogP contribution in [0.2, 0.25) is 0 Å². The number of carbonyl (C=O) groups is 2. The van der Waals surface area contributed by atoms with Gasteiger partial charge < -0.3 is 11.1 Å². The molecule has 1 aromatic carbocycles. The number of benzene rings is 1. The molecule has 1 heterocycles. The Labute approximate surface area is 141 Å². The maximum atomic E-state index is 12.5. The minimum absolute atomic E-state index is 0.0598. The average molecular weight is 351 g/mol. The maximum Gasteiger partial charge on any atom is 0.268 e. The summed E-state index contributed by atoms with van der Waals surface area (Å²) < 4.78 is 25.6. The number of hydrogen-bond donors (Lipinski definition) is 2. The van der Waals surface area contributed by atoms with E-state index in [0.717, 1.165) is 17.1 Å².